The minimum absolute atomic E-state index is 0.0296. The average molecular weight is 294 g/mol. The summed E-state index contributed by atoms with van der Waals surface area (Å²) >= 11 is 1.55. The van der Waals surface area contributed by atoms with Crippen LogP contribution in [0.15, 0.2) is 18.2 Å². The summed E-state index contributed by atoms with van der Waals surface area (Å²) in [6.45, 7) is 4.22. The summed E-state index contributed by atoms with van der Waals surface area (Å²) in [4.78, 5) is 15.6. The van der Waals surface area contributed by atoms with E-state index in [1.54, 1.807) is 18.4 Å². The standard InChI is InChI=1S/C14H18N2O3S/c1-8(2)13(14(17)18)15-7-12-16-10-5-4-9(19-3)6-11(10)20-12/h4-6,8,13,15H,7H2,1-3H3,(H,17,18)/t13-/m1/s1. The van der Waals surface area contributed by atoms with Gasteiger partial charge in [0.05, 0.1) is 17.3 Å². The van der Waals surface area contributed by atoms with Gasteiger partial charge >= 0.3 is 5.97 Å². The van der Waals surface area contributed by atoms with Gasteiger partial charge in [0.2, 0.25) is 0 Å². The van der Waals surface area contributed by atoms with Crippen molar-refractivity contribution < 1.29 is 14.6 Å². The van der Waals surface area contributed by atoms with E-state index < -0.39 is 12.0 Å². The molecule has 2 rings (SSSR count). The van der Waals surface area contributed by atoms with E-state index in [2.05, 4.69) is 10.3 Å². The van der Waals surface area contributed by atoms with Crippen molar-refractivity contribution in [2.24, 2.45) is 5.92 Å². The van der Waals surface area contributed by atoms with Gasteiger partial charge in [-0.2, -0.15) is 0 Å². The molecule has 2 N–H and O–H groups in total. The Kier molecular flexibility index (Phi) is 4.57. The summed E-state index contributed by atoms with van der Waals surface area (Å²) in [7, 11) is 1.63. The molecule has 0 unspecified atom stereocenters. The first-order valence-corrected chi connectivity index (χ1v) is 7.22. The largest absolute Gasteiger partial charge is 0.497 e. The molecule has 5 nitrogen and oxygen atoms in total. The lowest BCUT2D eigenvalue weighted by Gasteiger charge is -2.16. The molecule has 0 fully saturated rings. The van der Waals surface area contributed by atoms with E-state index in [0.717, 1.165) is 21.0 Å². The van der Waals surface area contributed by atoms with Crippen LogP contribution in [0.25, 0.3) is 10.2 Å². The number of carbonyl (C=O) groups is 1. The van der Waals surface area contributed by atoms with Crippen molar-refractivity contribution in [3.05, 3.63) is 23.2 Å². The Labute approximate surface area is 121 Å². The third-order valence-corrected chi connectivity index (χ3v) is 4.06. The van der Waals surface area contributed by atoms with Crippen LogP contribution in [0.5, 0.6) is 5.75 Å². The number of benzene rings is 1. The van der Waals surface area contributed by atoms with Gasteiger partial charge in [0, 0.05) is 6.54 Å². The van der Waals surface area contributed by atoms with Crippen LogP contribution in [0.4, 0.5) is 0 Å². The molecule has 0 radical (unpaired) electrons. The molecule has 0 saturated heterocycles. The molecule has 1 aromatic carbocycles. The van der Waals surface area contributed by atoms with Crippen LogP contribution in [0.1, 0.15) is 18.9 Å². The van der Waals surface area contributed by atoms with E-state index in [4.69, 9.17) is 9.84 Å². The third kappa shape index (κ3) is 3.26. The first kappa shape index (κ1) is 14.7. The highest BCUT2D eigenvalue weighted by Crippen LogP contribution is 2.26. The quantitative estimate of drug-likeness (QED) is 0.856. The molecule has 1 atom stereocenters. The SMILES string of the molecule is COc1ccc2nc(CN[C@@H](C(=O)O)C(C)C)sc2c1. The molecule has 1 heterocycles. The van der Waals surface area contributed by atoms with E-state index in [-0.39, 0.29) is 5.92 Å². The smallest absolute Gasteiger partial charge is 0.320 e. The highest BCUT2D eigenvalue weighted by atomic mass is 32.1. The first-order valence-electron chi connectivity index (χ1n) is 6.41. The fourth-order valence-corrected chi connectivity index (χ4v) is 2.91. The van der Waals surface area contributed by atoms with Crippen LogP contribution < -0.4 is 10.1 Å². The van der Waals surface area contributed by atoms with Crippen LogP contribution in [0.2, 0.25) is 0 Å². The van der Waals surface area contributed by atoms with Crippen LogP contribution in [0.3, 0.4) is 0 Å². The van der Waals surface area contributed by atoms with Crippen molar-refractivity contribution in [2.45, 2.75) is 26.4 Å². The molecular weight excluding hydrogens is 276 g/mol. The predicted molar refractivity (Wildman–Crippen MR) is 79.3 cm³/mol. The molecule has 20 heavy (non-hydrogen) atoms. The maximum atomic E-state index is 11.1. The summed E-state index contributed by atoms with van der Waals surface area (Å²) in [6.07, 6.45) is 0. The molecule has 0 aliphatic rings. The number of hydrogen-bond acceptors (Lipinski definition) is 5. The Morgan fingerprint density at radius 2 is 2.25 bits per heavy atom. The number of nitrogens with one attached hydrogen (secondary N) is 1. The van der Waals surface area contributed by atoms with Crippen LogP contribution in [-0.2, 0) is 11.3 Å². The minimum Gasteiger partial charge on any atom is -0.497 e. The predicted octanol–water partition coefficient (Wildman–Crippen LogP) is 2.50. The molecule has 1 aromatic heterocycles. The van der Waals surface area contributed by atoms with Gasteiger partial charge in [-0.15, -0.1) is 11.3 Å². The zero-order chi connectivity index (χ0) is 14.7. The normalized spacial score (nSPS) is 12.8. The van der Waals surface area contributed by atoms with Crippen molar-refractivity contribution in [3.63, 3.8) is 0 Å². The number of aliphatic carboxylic acids is 1. The monoisotopic (exact) mass is 294 g/mol. The lowest BCUT2D eigenvalue weighted by Crippen LogP contribution is -2.40. The molecule has 0 aliphatic carbocycles. The van der Waals surface area contributed by atoms with E-state index in [1.165, 1.54) is 0 Å². The minimum atomic E-state index is -0.831. The summed E-state index contributed by atoms with van der Waals surface area (Å²) in [5.74, 6) is -0.00370. The maximum Gasteiger partial charge on any atom is 0.320 e. The van der Waals surface area contributed by atoms with E-state index in [1.807, 2.05) is 32.0 Å². The molecule has 0 amide bonds. The third-order valence-electron chi connectivity index (χ3n) is 3.05. The van der Waals surface area contributed by atoms with E-state index >= 15 is 0 Å². The van der Waals surface area contributed by atoms with Gasteiger partial charge in [-0.1, -0.05) is 13.8 Å². The Morgan fingerprint density at radius 1 is 1.50 bits per heavy atom. The van der Waals surface area contributed by atoms with Crippen molar-refractivity contribution in [3.8, 4) is 5.75 Å². The van der Waals surface area contributed by atoms with Gasteiger partial charge in [0.15, 0.2) is 0 Å². The summed E-state index contributed by atoms with van der Waals surface area (Å²) < 4.78 is 6.22. The topological polar surface area (TPSA) is 71.5 Å². The Balaban J connectivity index is 2.12. The van der Waals surface area contributed by atoms with Gasteiger partial charge in [-0.25, -0.2) is 4.98 Å². The van der Waals surface area contributed by atoms with Crippen LogP contribution >= 0.6 is 11.3 Å². The molecule has 2 aromatic rings. The van der Waals surface area contributed by atoms with Crippen molar-refractivity contribution in [2.75, 3.05) is 7.11 Å². The van der Waals surface area contributed by atoms with E-state index in [9.17, 15) is 4.79 Å². The molecule has 0 bridgehead atoms. The highest BCUT2D eigenvalue weighted by Gasteiger charge is 2.21. The van der Waals surface area contributed by atoms with Gasteiger partial charge < -0.3 is 9.84 Å². The second-order valence-electron chi connectivity index (χ2n) is 4.88. The number of carboxylic acids is 1. The van der Waals surface area contributed by atoms with Crippen molar-refractivity contribution >= 4 is 27.5 Å². The number of carboxylic acid groups (broad SMARTS) is 1. The average Bonchev–Trinajstić information content (AvgIpc) is 2.79. The number of nitrogens with zero attached hydrogens (tertiary/aromatic N) is 1. The summed E-state index contributed by atoms with van der Waals surface area (Å²) in [5, 5.41) is 13.1. The molecule has 0 spiro atoms. The zero-order valence-corrected chi connectivity index (χ0v) is 12.5. The van der Waals surface area contributed by atoms with Gasteiger partial charge in [0.25, 0.3) is 0 Å². The van der Waals surface area contributed by atoms with Gasteiger partial charge in [0.1, 0.15) is 16.8 Å². The fourth-order valence-electron chi connectivity index (χ4n) is 1.96. The Morgan fingerprint density at radius 3 is 2.85 bits per heavy atom. The fraction of sp³-hybridized carbons (Fsp3) is 0.429. The number of hydrogen-bond donors (Lipinski definition) is 2. The molecule has 0 saturated carbocycles. The molecule has 6 heteroatoms. The zero-order valence-electron chi connectivity index (χ0n) is 11.7. The molecular formula is C14H18N2O3S. The number of methoxy groups -OCH3 is 1. The number of rotatable bonds is 6. The number of ether oxygens (including phenoxy) is 1. The van der Waals surface area contributed by atoms with Crippen molar-refractivity contribution in [1.82, 2.24) is 10.3 Å². The second kappa shape index (κ2) is 6.19. The van der Waals surface area contributed by atoms with E-state index in [0.29, 0.717) is 6.54 Å². The lowest BCUT2D eigenvalue weighted by molar-refractivity contribution is -0.140. The number of aromatic nitrogens is 1. The highest BCUT2D eigenvalue weighted by molar-refractivity contribution is 7.18. The first-order chi connectivity index (χ1) is 9.51. The van der Waals surface area contributed by atoms with Crippen LogP contribution in [0, 0.1) is 5.92 Å². The maximum absolute atomic E-state index is 11.1. The lowest BCUT2D eigenvalue weighted by atomic mass is 10.1. The second-order valence-corrected chi connectivity index (χ2v) is 6.00. The van der Waals surface area contributed by atoms with Gasteiger partial charge in [-0.3, -0.25) is 10.1 Å². The van der Waals surface area contributed by atoms with Gasteiger partial charge in [-0.05, 0) is 24.1 Å². The van der Waals surface area contributed by atoms with Crippen molar-refractivity contribution in [1.29, 1.82) is 0 Å². The Bertz CT molecular complexity index is 609. The molecule has 108 valence electrons. The summed E-state index contributed by atoms with van der Waals surface area (Å²) in [5.41, 5.74) is 0.907. The summed E-state index contributed by atoms with van der Waals surface area (Å²) in [6, 6.07) is 5.16. The number of thiazole rings is 1. The molecule has 0 aliphatic heterocycles. The Hall–Kier alpha value is -1.66. The van der Waals surface area contributed by atoms with Crippen LogP contribution in [-0.4, -0.2) is 29.2 Å². The number of fused-ring (bicyclic) bond motifs is 1.